The fourth-order valence-corrected chi connectivity index (χ4v) is 3.76. The molecular formula is C12H23N3. The van der Waals surface area contributed by atoms with E-state index in [-0.39, 0.29) is 0 Å². The summed E-state index contributed by atoms with van der Waals surface area (Å²) in [6, 6.07) is 2.14. The lowest BCUT2D eigenvalue weighted by atomic mass is 9.98. The highest BCUT2D eigenvalue weighted by molar-refractivity contribution is 4.97. The van der Waals surface area contributed by atoms with Gasteiger partial charge in [0.1, 0.15) is 0 Å². The van der Waals surface area contributed by atoms with Gasteiger partial charge in [-0.05, 0) is 32.2 Å². The minimum Gasteiger partial charge on any atom is -0.326 e. The summed E-state index contributed by atoms with van der Waals surface area (Å²) in [5.74, 6) is 0. The lowest BCUT2D eigenvalue weighted by molar-refractivity contribution is 0.129. The molecule has 3 aliphatic rings. The second-order valence-electron chi connectivity index (χ2n) is 5.50. The predicted octanol–water partition coefficient (Wildman–Crippen LogP) is 0.646. The molecule has 3 saturated heterocycles. The Hall–Kier alpha value is -0.120. The first-order valence-electron chi connectivity index (χ1n) is 6.58. The van der Waals surface area contributed by atoms with Gasteiger partial charge in [0.05, 0.1) is 0 Å². The van der Waals surface area contributed by atoms with Gasteiger partial charge >= 0.3 is 0 Å². The van der Waals surface area contributed by atoms with Crippen molar-refractivity contribution in [3.05, 3.63) is 0 Å². The van der Waals surface area contributed by atoms with Crippen LogP contribution in [-0.2, 0) is 0 Å². The first-order chi connectivity index (χ1) is 7.34. The van der Waals surface area contributed by atoms with Crippen molar-refractivity contribution in [2.45, 2.75) is 50.2 Å². The summed E-state index contributed by atoms with van der Waals surface area (Å²) in [4.78, 5) is 5.39. The average Bonchev–Trinajstić information content (AvgIpc) is 2.83. The Kier molecular flexibility index (Phi) is 2.71. The number of rotatable bonds is 1. The molecule has 0 saturated carbocycles. The van der Waals surface area contributed by atoms with Crippen LogP contribution in [-0.4, -0.2) is 54.1 Å². The van der Waals surface area contributed by atoms with Crippen molar-refractivity contribution in [3.8, 4) is 0 Å². The quantitative estimate of drug-likeness (QED) is 0.688. The zero-order valence-electron chi connectivity index (χ0n) is 9.57. The zero-order valence-corrected chi connectivity index (χ0v) is 9.57. The Morgan fingerprint density at radius 1 is 0.800 bits per heavy atom. The van der Waals surface area contributed by atoms with Crippen LogP contribution in [0.3, 0.4) is 0 Å². The smallest absolute Gasteiger partial charge is 0.0264 e. The van der Waals surface area contributed by atoms with E-state index < -0.39 is 0 Å². The molecule has 0 bridgehead atoms. The van der Waals surface area contributed by atoms with Crippen LogP contribution in [0.15, 0.2) is 0 Å². The Morgan fingerprint density at radius 3 is 2.40 bits per heavy atom. The maximum absolute atomic E-state index is 6.01. The molecule has 3 aliphatic heterocycles. The number of likely N-dealkylation sites (tertiary alicyclic amines) is 1. The van der Waals surface area contributed by atoms with Crippen LogP contribution in [0.5, 0.6) is 0 Å². The molecule has 0 aromatic carbocycles. The van der Waals surface area contributed by atoms with Crippen molar-refractivity contribution < 1.29 is 0 Å². The van der Waals surface area contributed by atoms with Crippen molar-refractivity contribution in [3.63, 3.8) is 0 Å². The lowest BCUT2D eigenvalue weighted by Crippen LogP contribution is -2.46. The normalized spacial score (nSPS) is 43.4. The van der Waals surface area contributed by atoms with E-state index in [1.807, 2.05) is 0 Å². The third kappa shape index (κ3) is 1.81. The standard InChI is InChI=1S/C12H23N3/c13-10-4-7-15(9-10)12-5-8-14-6-2-1-3-11(12)14/h10-12H,1-9,13H2. The molecule has 2 N–H and O–H groups in total. The van der Waals surface area contributed by atoms with Crippen molar-refractivity contribution in [1.82, 2.24) is 9.80 Å². The van der Waals surface area contributed by atoms with Gasteiger partial charge in [-0.25, -0.2) is 0 Å². The van der Waals surface area contributed by atoms with Gasteiger partial charge in [0.15, 0.2) is 0 Å². The summed E-state index contributed by atoms with van der Waals surface area (Å²) in [7, 11) is 0. The number of fused-ring (bicyclic) bond motifs is 1. The largest absolute Gasteiger partial charge is 0.326 e. The van der Waals surface area contributed by atoms with Gasteiger partial charge in [0, 0.05) is 37.8 Å². The molecule has 0 spiro atoms. The summed E-state index contributed by atoms with van der Waals surface area (Å²) in [5.41, 5.74) is 6.01. The third-order valence-electron chi connectivity index (χ3n) is 4.55. The molecule has 0 aliphatic carbocycles. The fraction of sp³-hybridized carbons (Fsp3) is 1.00. The molecule has 0 aromatic heterocycles. The molecule has 86 valence electrons. The molecular weight excluding hydrogens is 186 g/mol. The topological polar surface area (TPSA) is 32.5 Å². The molecule has 3 heterocycles. The monoisotopic (exact) mass is 209 g/mol. The van der Waals surface area contributed by atoms with E-state index in [1.165, 1.54) is 51.7 Å². The molecule has 0 amide bonds. The Balaban J connectivity index is 1.66. The van der Waals surface area contributed by atoms with Gasteiger partial charge in [-0.15, -0.1) is 0 Å². The Bertz CT molecular complexity index is 231. The van der Waals surface area contributed by atoms with Crippen LogP contribution in [0, 0.1) is 0 Å². The first kappa shape index (κ1) is 10.1. The van der Waals surface area contributed by atoms with Crippen LogP contribution in [0.2, 0.25) is 0 Å². The van der Waals surface area contributed by atoms with Gasteiger partial charge in [-0.3, -0.25) is 9.80 Å². The maximum Gasteiger partial charge on any atom is 0.0264 e. The van der Waals surface area contributed by atoms with E-state index in [2.05, 4.69) is 9.80 Å². The van der Waals surface area contributed by atoms with Crippen LogP contribution in [0.4, 0.5) is 0 Å². The summed E-state index contributed by atoms with van der Waals surface area (Å²) in [5, 5.41) is 0. The fourth-order valence-electron chi connectivity index (χ4n) is 3.76. The van der Waals surface area contributed by atoms with E-state index in [1.54, 1.807) is 0 Å². The van der Waals surface area contributed by atoms with Crippen molar-refractivity contribution in [2.24, 2.45) is 5.73 Å². The molecule has 3 fully saturated rings. The van der Waals surface area contributed by atoms with Gasteiger partial charge in [-0.2, -0.15) is 0 Å². The van der Waals surface area contributed by atoms with Crippen molar-refractivity contribution >= 4 is 0 Å². The highest BCUT2D eigenvalue weighted by Crippen LogP contribution is 2.31. The Labute approximate surface area is 92.6 Å². The van der Waals surface area contributed by atoms with Gasteiger partial charge in [0.2, 0.25) is 0 Å². The molecule has 3 heteroatoms. The average molecular weight is 209 g/mol. The lowest BCUT2D eigenvalue weighted by Gasteiger charge is -2.36. The van der Waals surface area contributed by atoms with Crippen LogP contribution in [0.1, 0.15) is 32.1 Å². The highest BCUT2D eigenvalue weighted by atomic mass is 15.3. The summed E-state index contributed by atoms with van der Waals surface area (Å²) < 4.78 is 0. The zero-order chi connectivity index (χ0) is 10.3. The van der Waals surface area contributed by atoms with Gasteiger partial charge in [-0.1, -0.05) is 6.42 Å². The summed E-state index contributed by atoms with van der Waals surface area (Å²) in [6.45, 7) is 5.08. The van der Waals surface area contributed by atoms with Gasteiger partial charge < -0.3 is 5.73 Å². The number of nitrogens with zero attached hydrogens (tertiary/aromatic N) is 2. The van der Waals surface area contributed by atoms with E-state index in [0.717, 1.165) is 18.6 Å². The van der Waals surface area contributed by atoms with Gasteiger partial charge in [0.25, 0.3) is 0 Å². The second kappa shape index (κ2) is 4.04. The molecule has 15 heavy (non-hydrogen) atoms. The number of hydrogen-bond donors (Lipinski definition) is 1. The minimum absolute atomic E-state index is 0.447. The molecule has 3 atom stereocenters. The highest BCUT2D eigenvalue weighted by Gasteiger charge is 2.40. The molecule has 3 rings (SSSR count). The third-order valence-corrected chi connectivity index (χ3v) is 4.55. The van der Waals surface area contributed by atoms with E-state index >= 15 is 0 Å². The van der Waals surface area contributed by atoms with E-state index in [0.29, 0.717) is 6.04 Å². The van der Waals surface area contributed by atoms with Crippen LogP contribution < -0.4 is 5.73 Å². The predicted molar refractivity (Wildman–Crippen MR) is 61.8 cm³/mol. The number of piperidine rings is 1. The molecule has 3 unspecified atom stereocenters. The van der Waals surface area contributed by atoms with E-state index in [4.69, 9.17) is 5.73 Å². The molecule has 0 aromatic rings. The molecule has 0 radical (unpaired) electrons. The number of hydrogen-bond acceptors (Lipinski definition) is 3. The summed E-state index contributed by atoms with van der Waals surface area (Å²) >= 11 is 0. The maximum atomic E-state index is 6.01. The second-order valence-corrected chi connectivity index (χ2v) is 5.50. The molecule has 3 nitrogen and oxygen atoms in total. The van der Waals surface area contributed by atoms with Crippen LogP contribution in [0.25, 0.3) is 0 Å². The Morgan fingerprint density at radius 2 is 1.60 bits per heavy atom. The van der Waals surface area contributed by atoms with E-state index in [9.17, 15) is 0 Å². The minimum atomic E-state index is 0.447. The van der Waals surface area contributed by atoms with Crippen molar-refractivity contribution in [1.29, 1.82) is 0 Å². The SMILES string of the molecule is NC1CCN(C2CCN3CCCCC23)C1. The number of nitrogens with two attached hydrogens (primary N) is 1. The summed E-state index contributed by atoms with van der Waals surface area (Å²) in [6.07, 6.45) is 6.89. The first-order valence-corrected chi connectivity index (χ1v) is 6.58. The van der Waals surface area contributed by atoms with Crippen molar-refractivity contribution in [2.75, 3.05) is 26.2 Å². The van der Waals surface area contributed by atoms with Crippen LogP contribution >= 0.6 is 0 Å².